The second kappa shape index (κ2) is 4.78. The van der Waals surface area contributed by atoms with Crippen molar-refractivity contribution in [2.45, 2.75) is 20.8 Å². The van der Waals surface area contributed by atoms with Gasteiger partial charge in [0.25, 0.3) is 0 Å². The van der Waals surface area contributed by atoms with Gasteiger partial charge in [0.15, 0.2) is 0 Å². The Morgan fingerprint density at radius 2 is 1.82 bits per heavy atom. The molecule has 0 aromatic heterocycles. The van der Waals surface area contributed by atoms with Crippen molar-refractivity contribution in [3.63, 3.8) is 0 Å². The van der Waals surface area contributed by atoms with E-state index >= 15 is 0 Å². The maximum Gasteiger partial charge on any atom is 0.118 e. The maximum atomic E-state index is 8.98. The Kier molecular flexibility index (Phi) is 4.35. The van der Waals surface area contributed by atoms with Gasteiger partial charge >= 0.3 is 0 Å². The minimum atomic E-state index is 0.264. The second-order valence-electron chi connectivity index (χ2n) is 2.13. The molecule has 1 aromatic carbocycles. The van der Waals surface area contributed by atoms with Gasteiger partial charge in [0.2, 0.25) is 0 Å². The van der Waals surface area contributed by atoms with Crippen molar-refractivity contribution < 1.29 is 5.11 Å². The quantitative estimate of drug-likeness (QED) is 0.604. The van der Waals surface area contributed by atoms with E-state index in [9.17, 15) is 0 Å². The molecule has 0 amide bonds. The number of benzene rings is 1. The molecule has 0 saturated heterocycles. The third-order valence-corrected chi connectivity index (χ3v) is 1.23. The highest BCUT2D eigenvalue weighted by Gasteiger charge is 1.91. The molecule has 0 spiro atoms. The third-order valence-electron chi connectivity index (χ3n) is 1.23. The Labute approximate surface area is 68.7 Å². The Balaban J connectivity index is 0.000000461. The van der Waals surface area contributed by atoms with Gasteiger partial charge < -0.3 is 5.11 Å². The fourth-order valence-corrected chi connectivity index (χ4v) is 0.714. The first-order valence-corrected chi connectivity index (χ1v) is 3.82. The van der Waals surface area contributed by atoms with Crippen LogP contribution in [0, 0.1) is 13.8 Å². The SMILES string of the molecule is CC.[CH2]c1cc(C)ccc1O. The predicted molar refractivity (Wildman–Crippen MR) is 48.7 cm³/mol. The normalized spacial score (nSPS) is 8.36. The first-order chi connectivity index (χ1) is 5.20. The number of hydrogen-bond acceptors (Lipinski definition) is 1. The fraction of sp³-hybridized carbons (Fsp3) is 0.300. The largest absolute Gasteiger partial charge is 0.508 e. The van der Waals surface area contributed by atoms with Crippen molar-refractivity contribution in [2.24, 2.45) is 0 Å². The molecule has 11 heavy (non-hydrogen) atoms. The summed E-state index contributed by atoms with van der Waals surface area (Å²) in [6, 6.07) is 5.34. The Hall–Kier alpha value is -0.980. The van der Waals surface area contributed by atoms with E-state index in [0.29, 0.717) is 5.56 Å². The standard InChI is InChI=1S/C8H9O.C2H6/c1-6-3-4-8(9)7(2)5-6;1-2/h3-5,9H,2H2,1H3;1-2H3. The van der Waals surface area contributed by atoms with Crippen LogP contribution >= 0.6 is 0 Å². The smallest absolute Gasteiger partial charge is 0.118 e. The number of phenols is 1. The highest BCUT2D eigenvalue weighted by atomic mass is 16.3. The fourth-order valence-electron chi connectivity index (χ4n) is 0.714. The molecule has 1 nitrogen and oxygen atoms in total. The van der Waals surface area contributed by atoms with Crippen molar-refractivity contribution in [3.8, 4) is 5.75 Å². The zero-order valence-corrected chi connectivity index (χ0v) is 7.39. The molecule has 0 aliphatic rings. The van der Waals surface area contributed by atoms with Crippen LogP contribution in [0.25, 0.3) is 0 Å². The van der Waals surface area contributed by atoms with Gasteiger partial charge in [0.1, 0.15) is 5.75 Å². The first kappa shape index (κ1) is 10.0. The average molecular weight is 151 g/mol. The molecule has 1 rings (SSSR count). The van der Waals surface area contributed by atoms with Gasteiger partial charge in [-0.1, -0.05) is 31.5 Å². The zero-order valence-electron chi connectivity index (χ0n) is 7.39. The lowest BCUT2D eigenvalue weighted by molar-refractivity contribution is 0.473. The van der Waals surface area contributed by atoms with E-state index in [-0.39, 0.29) is 5.75 Å². The van der Waals surface area contributed by atoms with Crippen LogP contribution < -0.4 is 0 Å². The second-order valence-corrected chi connectivity index (χ2v) is 2.13. The lowest BCUT2D eigenvalue weighted by Gasteiger charge is -1.96. The van der Waals surface area contributed by atoms with Crippen LogP contribution in [0.5, 0.6) is 5.75 Å². The van der Waals surface area contributed by atoms with Crippen LogP contribution in [0.4, 0.5) is 0 Å². The summed E-state index contributed by atoms with van der Waals surface area (Å²) in [5.74, 6) is 0.264. The highest BCUT2D eigenvalue weighted by molar-refractivity contribution is 5.37. The number of rotatable bonds is 0. The molecule has 1 radical (unpaired) electrons. The molecule has 61 valence electrons. The molecule has 1 N–H and O–H groups in total. The molecule has 0 bridgehead atoms. The number of phenolic OH excluding ortho intramolecular Hbond substituents is 1. The zero-order chi connectivity index (χ0) is 8.85. The Morgan fingerprint density at radius 3 is 2.18 bits per heavy atom. The van der Waals surface area contributed by atoms with E-state index in [0.717, 1.165) is 5.56 Å². The van der Waals surface area contributed by atoms with Gasteiger partial charge in [-0.2, -0.15) is 0 Å². The minimum Gasteiger partial charge on any atom is -0.508 e. The summed E-state index contributed by atoms with van der Waals surface area (Å²) >= 11 is 0. The summed E-state index contributed by atoms with van der Waals surface area (Å²) in [4.78, 5) is 0. The van der Waals surface area contributed by atoms with Gasteiger partial charge in [-0.3, -0.25) is 0 Å². The van der Waals surface area contributed by atoms with Crippen LogP contribution in [-0.2, 0) is 0 Å². The van der Waals surface area contributed by atoms with E-state index in [1.165, 1.54) is 0 Å². The molecule has 0 unspecified atom stereocenters. The molecule has 1 aromatic rings. The summed E-state index contributed by atoms with van der Waals surface area (Å²) in [5, 5.41) is 8.98. The number of hydrogen-bond donors (Lipinski definition) is 1. The van der Waals surface area contributed by atoms with E-state index in [4.69, 9.17) is 5.11 Å². The monoisotopic (exact) mass is 151 g/mol. The summed E-state index contributed by atoms with van der Waals surface area (Å²) in [6.45, 7) is 9.60. The molecule has 0 heterocycles. The molecule has 1 heteroatoms. The molecule has 0 saturated carbocycles. The van der Waals surface area contributed by atoms with Crippen molar-refractivity contribution in [1.29, 1.82) is 0 Å². The van der Waals surface area contributed by atoms with Crippen LogP contribution in [0.2, 0.25) is 0 Å². The van der Waals surface area contributed by atoms with Crippen molar-refractivity contribution in [1.82, 2.24) is 0 Å². The van der Waals surface area contributed by atoms with Crippen LogP contribution in [-0.4, -0.2) is 5.11 Å². The lowest BCUT2D eigenvalue weighted by atomic mass is 10.1. The van der Waals surface area contributed by atoms with Crippen LogP contribution in [0.3, 0.4) is 0 Å². The summed E-state index contributed by atoms with van der Waals surface area (Å²) < 4.78 is 0. The minimum absolute atomic E-state index is 0.264. The van der Waals surface area contributed by atoms with Gasteiger partial charge in [-0.05, 0) is 25.5 Å². The van der Waals surface area contributed by atoms with Gasteiger partial charge in [-0.15, -0.1) is 0 Å². The third kappa shape index (κ3) is 3.08. The highest BCUT2D eigenvalue weighted by Crippen LogP contribution is 2.15. The van der Waals surface area contributed by atoms with Crippen LogP contribution in [0.1, 0.15) is 25.0 Å². The average Bonchev–Trinajstić information content (AvgIpc) is 2.02. The van der Waals surface area contributed by atoms with Crippen molar-refractivity contribution in [2.75, 3.05) is 0 Å². The van der Waals surface area contributed by atoms with Gasteiger partial charge in [0.05, 0.1) is 0 Å². The number of aromatic hydroxyl groups is 1. The van der Waals surface area contributed by atoms with E-state index < -0.39 is 0 Å². The molecule has 0 atom stereocenters. The Morgan fingerprint density at radius 1 is 1.27 bits per heavy atom. The lowest BCUT2D eigenvalue weighted by Crippen LogP contribution is -1.75. The van der Waals surface area contributed by atoms with E-state index in [2.05, 4.69) is 6.92 Å². The predicted octanol–water partition coefficient (Wildman–Crippen LogP) is 2.91. The first-order valence-electron chi connectivity index (χ1n) is 3.82. The summed E-state index contributed by atoms with van der Waals surface area (Å²) in [6.07, 6.45) is 0. The topological polar surface area (TPSA) is 20.2 Å². The molecular weight excluding hydrogens is 136 g/mol. The van der Waals surface area contributed by atoms with Gasteiger partial charge in [0, 0.05) is 0 Å². The van der Waals surface area contributed by atoms with Gasteiger partial charge in [-0.25, -0.2) is 0 Å². The van der Waals surface area contributed by atoms with Crippen molar-refractivity contribution in [3.05, 3.63) is 36.2 Å². The van der Waals surface area contributed by atoms with Crippen molar-refractivity contribution >= 4 is 0 Å². The summed E-state index contributed by atoms with van der Waals surface area (Å²) in [5.41, 5.74) is 1.81. The maximum absolute atomic E-state index is 8.98. The molecule has 0 fully saturated rings. The van der Waals surface area contributed by atoms with E-state index in [1.54, 1.807) is 6.07 Å². The molecule has 0 aliphatic heterocycles. The Bertz CT molecular complexity index is 216. The molecule has 0 aliphatic carbocycles. The number of aryl methyl sites for hydroxylation is 1. The molecular formula is C10H15O. The van der Waals surface area contributed by atoms with Crippen LogP contribution in [0.15, 0.2) is 18.2 Å². The summed E-state index contributed by atoms with van der Waals surface area (Å²) in [7, 11) is 0. The van der Waals surface area contributed by atoms with E-state index in [1.807, 2.05) is 32.9 Å².